The first-order valence-electron chi connectivity index (χ1n) is 6.17. The molecule has 6 heteroatoms. The SMILES string of the molecule is Cc1cc(C(=O)N2CCC3CNCC3C2)no1.Cl. The second-order valence-electron chi connectivity index (χ2n) is 5.04. The smallest absolute Gasteiger partial charge is 0.276 e. The van der Waals surface area contributed by atoms with Crippen LogP contribution in [0.5, 0.6) is 0 Å². The van der Waals surface area contributed by atoms with Gasteiger partial charge in [0.1, 0.15) is 5.76 Å². The molecule has 100 valence electrons. The summed E-state index contributed by atoms with van der Waals surface area (Å²) < 4.78 is 4.95. The van der Waals surface area contributed by atoms with Crippen molar-refractivity contribution in [2.45, 2.75) is 13.3 Å². The van der Waals surface area contributed by atoms with Gasteiger partial charge in [-0.3, -0.25) is 4.79 Å². The van der Waals surface area contributed by atoms with E-state index in [2.05, 4.69) is 10.5 Å². The summed E-state index contributed by atoms with van der Waals surface area (Å²) in [6, 6.07) is 1.71. The number of nitrogens with zero attached hydrogens (tertiary/aromatic N) is 2. The second kappa shape index (κ2) is 5.28. The predicted molar refractivity (Wildman–Crippen MR) is 68.9 cm³/mol. The standard InChI is InChI=1S/C12H17N3O2.ClH/c1-8-4-11(14-17-8)12(16)15-3-2-9-5-13-6-10(9)7-15;/h4,9-10,13H,2-3,5-7H2,1H3;1H. The molecule has 3 heterocycles. The van der Waals surface area contributed by atoms with Gasteiger partial charge >= 0.3 is 0 Å². The molecule has 2 aliphatic rings. The number of nitrogens with one attached hydrogen (secondary N) is 1. The minimum absolute atomic E-state index is 0. The quantitative estimate of drug-likeness (QED) is 0.831. The molecular weight excluding hydrogens is 254 g/mol. The van der Waals surface area contributed by atoms with Gasteiger partial charge in [0, 0.05) is 19.2 Å². The molecule has 5 nitrogen and oxygen atoms in total. The predicted octanol–water partition coefficient (Wildman–Crippen LogP) is 1.09. The molecule has 0 saturated carbocycles. The van der Waals surface area contributed by atoms with Crippen molar-refractivity contribution in [1.82, 2.24) is 15.4 Å². The van der Waals surface area contributed by atoms with Gasteiger partial charge in [-0.25, -0.2) is 0 Å². The number of hydrogen-bond donors (Lipinski definition) is 1. The van der Waals surface area contributed by atoms with Gasteiger partial charge in [-0.2, -0.15) is 0 Å². The molecular formula is C12H18ClN3O2. The number of fused-ring (bicyclic) bond motifs is 1. The zero-order valence-electron chi connectivity index (χ0n) is 10.4. The maximum atomic E-state index is 12.2. The van der Waals surface area contributed by atoms with Crippen LogP contribution in [0.4, 0.5) is 0 Å². The van der Waals surface area contributed by atoms with Gasteiger partial charge in [0.05, 0.1) is 0 Å². The summed E-state index contributed by atoms with van der Waals surface area (Å²) in [6.45, 7) is 5.63. The van der Waals surface area contributed by atoms with E-state index in [0.29, 0.717) is 17.4 Å². The Balaban J connectivity index is 0.00000120. The van der Waals surface area contributed by atoms with E-state index >= 15 is 0 Å². The molecule has 0 aliphatic carbocycles. The Morgan fingerprint density at radius 2 is 2.28 bits per heavy atom. The van der Waals surface area contributed by atoms with Gasteiger partial charge in [0.2, 0.25) is 0 Å². The number of aromatic nitrogens is 1. The summed E-state index contributed by atoms with van der Waals surface area (Å²) in [7, 11) is 0. The van der Waals surface area contributed by atoms with Crippen molar-refractivity contribution in [1.29, 1.82) is 0 Å². The highest BCUT2D eigenvalue weighted by Crippen LogP contribution is 2.27. The molecule has 18 heavy (non-hydrogen) atoms. The van der Waals surface area contributed by atoms with Crippen LogP contribution in [0.1, 0.15) is 22.7 Å². The van der Waals surface area contributed by atoms with E-state index < -0.39 is 0 Å². The van der Waals surface area contributed by atoms with Crippen molar-refractivity contribution >= 4 is 18.3 Å². The number of likely N-dealkylation sites (tertiary alicyclic amines) is 1. The highest BCUT2D eigenvalue weighted by molar-refractivity contribution is 5.92. The van der Waals surface area contributed by atoms with E-state index in [1.807, 2.05) is 4.90 Å². The fourth-order valence-electron chi connectivity index (χ4n) is 2.85. The lowest BCUT2D eigenvalue weighted by Crippen LogP contribution is -2.43. The van der Waals surface area contributed by atoms with E-state index in [1.54, 1.807) is 13.0 Å². The average Bonchev–Trinajstić information content (AvgIpc) is 2.95. The molecule has 1 aromatic rings. The third kappa shape index (κ3) is 2.37. The number of carbonyl (C=O) groups is 1. The molecule has 2 atom stereocenters. The summed E-state index contributed by atoms with van der Waals surface area (Å²) in [4.78, 5) is 14.1. The fourth-order valence-corrected chi connectivity index (χ4v) is 2.85. The Morgan fingerprint density at radius 3 is 3.00 bits per heavy atom. The molecule has 2 saturated heterocycles. The van der Waals surface area contributed by atoms with Crippen LogP contribution >= 0.6 is 12.4 Å². The molecule has 1 amide bonds. The fraction of sp³-hybridized carbons (Fsp3) is 0.667. The molecule has 2 aliphatic heterocycles. The molecule has 2 unspecified atom stereocenters. The Labute approximate surface area is 112 Å². The Hall–Kier alpha value is -1.07. The van der Waals surface area contributed by atoms with Crippen LogP contribution in [0.25, 0.3) is 0 Å². The highest BCUT2D eigenvalue weighted by Gasteiger charge is 2.35. The summed E-state index contributed by atoms with van der Waals surface area (Å²) >= 11 is 0. The monoisotopic (exact) mass is 271 g/mol. The van der Waals surface area contributed by atoms with Crippen molar-refractivity contribution < 1.29 is 9.32 Å². The molecule has 1 aromatic heterocycles. The molecule has 0 spiro atoms. The summed E-state index contributed by atoms with van der Waals surface area (Å²) in [6.07, 6.45) is 1.10. The maximum Gasteiger partial charge on any atom is 0.276 e. The minimum Gasteiger partial charge on any atom is -0.361 e. The lowest BCUT2D eigenvalue weighted by atomic mass is 9.88. The Kier molecular flexibility index (Phi) is 3.92. The summed E-state index contributed by atoms with van der Waals surface area (Å²) in [5.41, 5.74) is 0.437. The highest BCUT2D eigenvalue weighted by atomic mass is 35.5. The van der Waals surface area contributed by atoms with Crippen LogP contribution in [0.2, 0.25) is 0 Å². The number of aryl methyl sites for hydroxylation is 1. The van der Waals surface area contributed by atoms with Crippen LogP contribution in [0.15, 0.2) is 10.6 Å². The van der Waals surface area contributed by atoms with E-state index in [-0.39, 0.29) is 18.3 Å². The first-order valence-corrected chi connectivity index (χ1v) is 6.17. The summed E-state index contributed by atoms with van der Waals surface area (Å²) in [5, 5.41) is 7.19. The first-order chi connectivity index (χ1) is 8.24. The second-order valence-corrected chi connectivity index (χ2v) is 5.04. The molecule has 0 aromatic carbocycles. The Bertz CT molecular complexity index is 435. The van der Waals surface area contributed by atoms with Gasteiger partial charge in [-0.15, -0.1) is 12.4 Å². The maximum absolute atomic E-state index is 12.2. The van der Waals surface area contributed by atoms with Gasteiger partial charge < -0.3 is 14.7 Å². The Morgan fingerprint density at radius 1 is 1.50 bits per heavy atom. The van der Waals surface area contributed by atoms with Crippen molar-refractivity contribution in [3.8, 4) is 0 Å². The van der Waals surface area contributed by atoms with Crippen LogP contribution in [-0.2, 0) is 0 Å². The van der Waals surface area contributed by atoms with Gasteiger partial charge in [0.25, 0.3) is 5.91 Å². The van der Waals surface area contributed by atoms with Crippen LogP contribution in [0, 0.1) is 18.8 Å². The van der Waals surface area contributed by atoms with Gasteiger partial charge in [0.15, 0.2) is 5.69 Å². The van der Waals surface area contributed by atoms with E-state index in [4.69, 9.17) is 4.52 Å². The molecule has 1 N–H and O–H groups in total. The number of piperidine rings is 1. The number of halogens is 1. The first kappa shape index (κ1) is 13.4. The topological polar surface area (TPSA) is 58.4 Å². The zero-order valence-corrected chi connectivity index (χ0v) is 11.2. The lowest BCUT2D eigenvalue weighted by Gasteiger charge is -2.33. The molecule has 0 radical (unpaired) electrons. The van der Waals surface area contributed by atoms with E-state index in [1.165, 1.54) is 0 Å². The normalized spacial score (nSPS) is 26.6. The number of amides is 1. The largest absolute Gasteiger partial charge is 0.361 e. The minimum atomic E-state index is 0. The van der Waals surface area contributed by atoms with Gasteiger partial charge in [-0.1, -0.05) is 5.16 Å². The van der Waals surface area contributed by atoms with Crippen molar-refractivity contribution in [3.63, 3.8) is 0 Å². The number of carbonyl (C=O) groups excluding carboxylic acids is 1. The van der Waals surface area contributed by atoms with Crippen molar-refractivity contribution in [2.75, 3.05) is 26.2 Å². The number of hydrogen-bond acceptors (Lipinski definition) is 4. The lowest BCUT2D eigenvalue weighted by molar-refractivity contribution is 0.0632. The summed E-state index contributed by atoms with van der Waals surface area (Å²) in [5.74, 6) is 2.05. The van der Waals surface area contributed by atoms with Gasteiger partial charge in [-0.05, 0) is 38.3 Å². The van der Waals surface area contributed by atoms with Crippen molar-refractivity contribution in [2.24, 2.45) is 11.8 Å². The van der Waals surface area contributed by atoms with Crippen LogP contribution in [-0.4, -0.2) is 42.1 Å². The van der Waals surface area contributed by atoms with Crippen LogP contribution < -0.4 is 5.32 Å². The van der Waals surface area contributed by atoms with E-state index in [9.17, 15) is 4.79 Å². The van der Waals surface area contributed by atoms with E-state index in [0.717, 1.165) is 38.5 Å². The van der Waals surface area contributed by atoms with Crippen LogP contribution in [0.3, 0.4) is 0 Å². The molecule has 2 fully saturated rings. The third-order valence-electron chi connectivity index (χ3n) is 3.84. The zero-order chi connectivity index (χ0) is 11.8. The average molecular weight is 272 g/mol. The molecule has 0 bridgehead atoms. The van der Waals surface area contributed by atoms with Crippen molar-refractivity contribution in [3.05, 3.63) is 17.5 Å². The number of rotatable bonds is 1. The third-order valence-corrected chi connectivity index (χ3v) is 3.84. The molecule has 3 rings (SSSR count).